The summed E-state index contributed by atoms with van der Waals surface area (Å²) in [6.45, 7) is 4.46. The first-order chi connectivity index (χ1) is 9.79. The predicted octanol–water partition coefficient (Wildman–Crippen LogP) is 2.67. The van der Waals surface area contributed by atoms with E-state index in [2.05, 4.69) is 17.2 Å². The van der Waals surface area contributed by atoms with Crippen molar-refractivity contribution in [3.05, 3.63) is 23.6 Å². The molecule has 1 saturated carbocycles. The molecular weight excluding hydrogens is 259 g/mol. The minimum absolute atomic E-state index is 0.329. The highest BCUT2D eigenvalue weighted by Crippen LogP contribution is 2.21. The third-order valence-corrected chi connectivity index (χ3v) is 3.16. The maximum atomic E-state index is 13.2. The van der Waals surface area contributed by atoms with Gasteiger partial charge in [0.25, 0.3) is 0 Å². The van der Waals surface area contributed by atoms with Crippen molar-refractivity contribution in [1.82, 2.24) is 10.3 Å². The lowest BCUT2D eigenvalue weighted by Gasteiger charge is -2.11. The first-order valence-corrected chi connectivity index (χ1v) is 7.38. The summed E-state index contributed by atoms with van der Waals surface area (Å²) in [6.07, 6.45) is 5.77. The van der Waals surface area contributed by atoms with Crippen molar-refractivity contribution in [2.75, 3.05) is 19.8 Å². The topological polar surface area (TPSA) is 43.4 Å². The molecule has 1 fully saturated rings. The number of halogens is 1. The van der Waals surface area contributed by atoms with Crippen LogP contribution in [-0.4, -0.2) is 30.8 Å². The van der Waals surface area contributed by atoms with Gasteiger partial charge in [-0.2, -0.15) is 0 Å². The highest BCUT2D eigenvalue weighted by Gasteiger charge is 2.21. The summed E-state index contributed by atoms with van der Waals surface area (Å²) in [7, 11) is 0. The van der Waals surface area contributed by atoms with Gasteiger partial charge in [-0.15, -0.1) is 0 Å². The van der Waals surface area contributed by atoms with E-state index >= 15 is 0 Å². The Morgan fingerprint density at radius 2 is 2.20 bits per heavy atom. The Bertz CT molecular complexity index is 411. The van der Waals surface area contributed by atoms with Gasteiger partial charge in [0.1, 0.15) is 12.4 Å². The number of hydrogen-bond acceptors (Lipinski definition) is 4. The fourth-order valence-corrected chi connectivity index (χ4v) is 1.81. The van der Waals surface area contributed by atoms with Crippen LogP contribution in [-0.2, 0) is 11.3 Å². The number of unbranched alkanes of at least 4 members (excludes halogenated alkanes) is 1. The zero-order valence-corrected chi connectivity index (χ0v) is 12.0. The van der Waals surface area contributed by atoms with Crippen molar-refractivity contribution in [2.45, 2.75) is 45.2 Å². The quantitative estimate of drug-likeness (QED) is 0.670. The molecule has 1 aromatic heterocycles. The highest BCUT2D eigenvalue weighted by atomic mass is 19.1. The van der Waals surface area contributed by atoms with Gasteiger partial charge in [0.05, 0.1) is 12.8 Å². The standard InChI is InChI=1S/C15H23FN2O2/c1-2-3-6-19-7-8-20-15-12(9-13(16)11-18-15)10-17-14-4-5-14/h9,11,14,17H,2-8,10H2,1H3. The van der Waals surface area contributed by atoms with Gasteiger partial charge in [-0.25, -0.2) is 9.37 Å². The van der Waals surface area contributed by atoms with E-state index in [1.54, 1.807) is 0 Å². The summed E-state index contributed by atoms with van der Waals surface area (Å²) in [5.74, 6) is 0.169. The van der Waals surface area contributed by atoms with E-state index in [9.17, 15) is 4.39 Å². The van der Waals surface area contributed by atoms with Gasteiger partial charge >= 0.3 is 0 Å². The maximum absolute atomic E-state index is 13.2. The zero-order chi connectivity index (χ0) is 14.2. The van der Waals surface area contributed by atoms with Crippen molar-refractivity contribution >= 4 is 0 Å². The normalized spacial score (nSPS) is 14.5. The Balaban J connectivity index is 1.76. The maximum Gasteiger partial charge on any atom is 0.218 e. The van der Waals surface area contributed by atoms with Crippen LogP contribution in [0, 0.1) is 5.82 Å². The van der Waals surface area contributed by atoms with Crippen LogP contribution in [0.2, 0.25) is 0 Å². The van der Waals surface area contributed by atoms with Crippen LogP contribution in [0.5, 0.6) is 5.88 Å². The van der Waals surface area contributed by atoms with Crippen LogP contribution >= 0.6 is 0 Å². The molecule has 112 valence electrons. The van der Waals surface area contributed by atoms with Crippen molar-refractivity contribution in [3.8, 4) is 5.88 Å². The second-order valence-electron chi connectivity index (χ2n) is 5.09. The van der Waals surface area contributed by atoms with E-state index in [1.807, 2.05) is 0 Å². The molecule has 0 aromatic carbocycles. The molecule has 0 saturated heterocycles. The van der Waals surface area contributed by atoms with Gasteiger partial charge in [0.2, 0.25) is 5.88 Å². The molecule has 0 radical (unpaired) electrons. The fraction of sp³-hybridized carbons (Fsp3) is 0.667. The van der Waals surface area contributed by atoms with Gasteiger partial charge in [-0.05, 0) is 25.3 Å². The van der Waals surface area contributed by atoms with E-state index < -0.39 is 0 Å². The van der Waals surface area contributed by atoms with Crippen LogP contribution in [0.25, 0.3) is 0 Å². The van der Waals surface area contributed by atoms with E-state index in [4.69, 9.17) is 9.47 Å². The van der Waals surface area contributed by atoms with Crippen LogP contribution in [0.15, 0.2) is 12.3 Å². The first kappa shape index (κ1) is 15.2. The molecule has 1 aliphatic rings. The number of aromatic nitrogens is 1. The van der Waals surface area contributed by atoms with Crippen LogP contribution in [0.3, 0.4) is 0 Å². The van der Waals surface area contributed by atoms with Crippen molar-refractivity contribution in [3.63, 3.8) is 0 Å². The molecule has 0 bridgehead atoms. The lowest BCUT2D eigenvalue weighted by Crippen LogP contribution is -2.17. The van der Waals surface area contributed by atoms with E-state index in [-0.39, 0.29) is 5.82 Å². The van der Waals surface area contributed by atoms with E-state index in [0.717, 1.165) is 25.0 Å². The number of pyridine rings is 1. The molecule has 0 unspecified atom stereocenters. The number of hydrogen-bond donors (Lipinski definition) is 1. The largest absolute Gasteiger partial charge is 0.475 e. The predicted molar refractivity (Wildman–Crippen MR) is 75.3 cm³/mol. The average molecular weight is 282 g/mol. The van der Waals surface area contributed by atoms with Crippen LogP contribution < -0.4 is 10.1 Å². The monoisotopic (exact) mass is 282 g/mol. The summed E-state index contributed by atoms with van der Waals surface area (Å²) < 4.78 is 24.3. The molecule has 1 aliphatic carbocycles. The fourth-order valence-electron chi connectivity index (χ4n) is 1.81. The van der Waals surface area contributed by atoms with Crippen LogP contribution in [0.1, 0.15) is 38.2 Å². The summed E-state index contributed by atoms with van der Waals surface area (Å²) in [4.78, 5) is 4.02. The molecule has 0 amide bonds. The number of rotatable bonds is 10. The van der Waals surface area contributed by atoms with Crippen molar-refractivity contribution < 1.29 is 13.9 Å². The molecule has 0 atom stereocenters. The Morgan fingerprint density at radius 1 is 1.35 bits per heavy atom. The second kappa shape index (κ2) is 8.17. The lowest BCUT2D eigenvalue weighted by atomic mass is 10.2. The van der Waals surface area contributed by atoms with Crippen LogP contribution in [0.4, 0.5) is 4.39 Å². The number of nitrogens with zero attached hydrogens (tertiary/aromatic N) is 1. The van der Waals surface area contributed by atoms with Gasteiger partial charge < -0.3 is 14.8 Å². The molecule has 2 rings (SSSR count). The third-order valence-electron chi connectivity index (χ3n) is 3.16. The molecule has 1 heterocycles. The zero-order valence-electron chi connectivity index (χ0n) is 12.0. The SMILES string of the molecule is CCCCOCCOc1ncc(F)cc1CNC1CC1. The number of ether oxygens (including phenoxy) is 2. The van der Waals surface area contributed by atoms with E-state index in [0.29, 0.717) is 31.7 Å². The average Bonchev–Trinajstić information content (AvgIpc) is 3.26. The smallest absolute Gasteiger partial charge is 0.218 e. The first-order valence-electron chi connectivity index (χ1n) is 7.38. The molecule has 1 N–H and O–H groups in total. The highest BCUT2D eigenvalue weighted by molar-refractivity contribution is 5.26. The molecule has 0 aliphatic heterocycles. The van der Waals surface area contributed by atoms with Gasteiger partial charge in [-0.3, -0.25) is 0 Å². The van der Waals surface area contributed by atoms with Gasteiger partial charge in [0.15, 0.2) is 0 Å². The summed E-state index contributed by atoms with van der Waals surface area (Å²) >= 11 is 0. The Hall–Kier alpha value is -1.20. The van der Waals surface area contributed by atoms with Gasteiger partial charge in [-0.1, -0.05) is 13.3 Å². The Labute approximate surface area is 119 Å². The van der Waals surface area contributed by atoms with Crippen molar-refractivity contribution in [1.29, 1.82) is 0 Å². The summed E-state index contributed by atoms with van der Waals surface area (Å²) in [5, 5.41) is 3.34. The number of nitrogens with one attached hydrogen (secondary N) is 1. The minimum atomic E-state index is -0.329. The molecular formula is C15H23FN2O2. The molecule has 5 heteroatoms. The second-order valence-corrected chi connectivity index (χ2v) is 5.09. The molecule has 20 heavy (non-hydrogen) atoms. The Morgan fingerprint density at radius 3 is 2.95 bits per heavy atom. The molecule has 1 aromatic rings. The lowest BCUT2D eigenvalue weighted by molar-refractivity contribution is 0.0960. The van der Waals surface area contributed by atoms with Gasteiger partial charge in [0, 0.05) is 24.8 Å². The summed E-state index contributed by atoms with van der Waals surface area (Å²) in [5.41, 5.74) is 0.769. The van der Waals surface area contributed by atoms with Crippen molar-refractivity contribution in [2.24, 2.45) is 0 Å². The summed E-state index contributed by atoms with van der Waals surface area (Å²) in [6, 6.07) is 2.05. The molecule has 0 spiro atoms. The minimum Gasteiger partial charge on any atom is -0.475 e. The van der Waals surface area contributed by atoms with E-state index in [1.165, 1.54) is 25.1 Å². The Kier molecular flexibility index (Phi) is 6.21. The third kappa shape index (κ3) is 5.43. The molecule has 4 nitrogen and oxygen atoms in total.